The summed E-state index contributed by atoms with van der Waals surface area (Å²) in [6.07, 6.45) is 0. The minimum Gasteiger partial charge on any atom is -0.0622 e. The van der Waals surface area contributed by atoms with Gasteiger partial charge in [0.25, 0.3) is 0 Å². The molecular weight excluding hydrogens is 384 g/mol. The average Bonchev–Trinajstić information content (AvgIpc) is 3.16. The maximum Gasteiger partial charge on any atom is 0.0713 e. The molecule has 0 nitrogen and oxygen atoms in total. The van der Waals surface area contributed by atoms with E-state index in [0.29, 0.717) is 0 Å². The highest BCUT2D eigenvalue weighted by Crippen LogP contribution is 2.56. The van der Waals surface area contributed by atoms with E-state index in [0.717, 1.165) is 0 Å². The van der Waals surface area contributed by atoms with E-state index in [-0.39, 0.29) is 5.41 Å². The van der Waals surface area contributed by atoms with E-state index in [1.807, 2.05) is 0 Å². The van der Waals surface area contributed by atoms with E-state index < -0.39 is 0 Å². The van der Waals surface area contributed by atoms with Gasteiger partial charge in [-0.25, -0.2) is 0 Å². The molecule has 0 heterocycles. The molecule has 0 unspecified atom stereocenters. The molecular formula is C32H24. The van der Waals surface area contributed by atoms with Crippen molar-refractivity contribution in [2.75, 3.05) is 0 Å². The predicted octanol–water partition coefficient (Wildman–Crippen LogP) is 8.03. The number of hydrogen-bond acceptors (Lipinski definition) is 0. The average molecular weight is 409 g/mol. The Kier molecular flexibility index (Phi) is 4.33. The summed E-state index contributed by atoms with van der Waals surface area (Å²) in [4.78, 5) is 0. The van der Waals surface area contributed by atoms with Crippen molar-refractivity contribution >= 4 is 0 Å². The highest BCUT2D eigenvalue weighted by atomic mass is 14.5. The van der Waals surface area contributed by atoms with Crippen LogP contribution in [0.1, 0.15) is 27.8 Å². The number of aryl methyl sites for hydroxylation is 1. The Morgan fingerprint density at radius 3 is 1.62 bits per heavy atom. The molecule has 32 heavy (non-hydrogen) atoms. The lowest BCUT2D eigenvalue weighted by atomic mass is 9.67. The molecule has 0 N–H and O–H groups in total. The number of hydrogen-bond donors (Lipinski definition) is 0. The summed E-state index contributed by atoms with van der Waals surface area (Å²) < 4.78 is 0. The van der Waals surface area contributed by atoms with Gasteiger partial charge in [-0.3, -0.25) is 0 Å². The zero-order chi connectivity index (χ0) is 21.5. The largest absolute Gasteiger partial charge is 0.0713 e. The first-order valence-electron chi connectivity index (χ1n) is 11.2. The third kappa shape index (κ3) is 2.70. The second kappa shape index (κ2) is 7.35. The minimum atomic E-state index is -0.319. The van der Waals surface area contributed by atoms with Crippen molar-refractivity contribution < 1.29 is 0 Å². The number of rotatable bonds is 3. The van der Waals surface area contributed by atoms with E-state index >= 15 is 0 Å². The lowest BCUT2D eigenvalue weighted by molar-refractivity contribution is 0.768. The van der Waals surface area contributed by atoms with Crippen molar-refractivity contribution in [1.82, 2.24) is 0 Å². The topological polar surface area (TPSA) is 0 Å². The van der Waals surface area contributed by atoms with Crippen LogP contribution in [-0.2, 0) is 5.41 Å². The van der Waals surface area contributed by atoms with Crippen LogP contribution in [0.5, 0.6) is 0 Å². The third-order valence-electron chi connectivity index (χ3n) is 6.84. The summed E-state index contributed by atoms with van der Waals surface area (Å²) >= 11 is 0. The van der Waals surface area contributed by atoms with Crippen LogP contribution in [0.4, 0.5) is 0 Å². The van der Waals surface area contributed by atoms with Gasteiger partial charge in [0.2, 0.25) is 0 Å². The molecule has 0 bridgehead atoms. The monoisotopic (exact) mass is 408 g/mol. The fourth-order valence-corrected chi connectivity index (χ4v) is 5.37. The lowest BCUT2D eigenvalue weighted by Crippen LogP contribution is -2.28. The van der Waals surface area contributed by atoms with Crippen molar-refractivity contribution in [2.24, 2.45) is 0 Å². The summed E-state index contributed by atoms with van der Waals surface area (Å²) in [5.74, 6) is 0. The molecule has 0 heteroatoms. The van der Waals surface area contributed by atoms with Gasteiger partial charge in [0.1, 0.15) is 0 Å². The first-order chi connectivity index (χ1) is 15.8. The van der Waals surface area contributed by atoms with Crippen LogP contribution in [0, 0.1) is 6.92 Å². The van der Waals surface area contributed by atoms with Crippen LogP contribution in [0.3, 0.4) is 0 Å². The molecule has 0 amide bonds. The number of fused-ring (bicyclic) bond motifs is 3. The molecule has 0 spiro atoms. The zero-order valence-electron chi connectivity index (χ0n) is 18.1. The van der Waals surface area contributed by atoms with Crippen LogP contribution in [-0.4, -0.2) is 0 Å². The molecule has 0 aromatic heterocycles. The van der Waals surface area contributed by atoms with Gasteiger partial charge in [-0.15, -0.1) is 0 Å². The second-order valence-electron chi connectivity index (χ2n) is 8.65. The van der Waals surface area contributed by atoms with Crippen molar-refractivity contribution in [1.29, 1.82) is 0 Å². The summed E-state index contributed by atoms with van der Waals surface area (Å²) in [6.45, 7) is 2.14. The second-order valence-corrected chi connectivity index (χ2v) is 8.65. The van der Waals surface area contributed by atoms with Gasteiger partial charge >= 0.3 is 0 Å². The Balaban J connectivity index is 1.69. The SMILES string of the molecule is Cc1ccc(-c2ccc3c(c2)-c2ccccc2C3(c2ccccc2)c2ccccc2)cc1. The maximum atomic E-state index is 2.38. The van der Waals surface area contributed by atoms with Crippen molar-refractivity contribution in [2.45, 2.75) is 12.3 Å². The molecule has 0 fully saturated rings. The number of benzene rings is 5. The Bertz CT molecular complexity index is 1350. The summed E-state index contributed by atoms with van der Waals surface area (Å²) in [6, 6.07) is 46.7. The van der Waals surface area contributed by atoms with E-state index in [2.05, 4.69) is 134 Å². The van der Waals surface area contributed by atoms with Gasteiger partial charge in [-0.1, -0.05) is 127 Å². The first kappa shape index (κ1) is 18.8. The van der Waals surface area contributed by atoms with Gasteiger partial charge in [0.05, 0.1) is 5.41 Å². The van der Waals surface area contributed by atoms with Crippen LogP contribution in [0.15, 0.2) is 127 Å². The quantitative estimate of drug-likeness (QED) is 0.278. The molecule has 0 aliphatic heterocycles. The smallest absolute Gasteiger partial charge is 0.0622 e. The molecule has 5 aromatic rings. The molecule has 0 saturated carbocycles. The first-order valence-corrected chi connectivity index (χ1v) is 11.2. The van der Waals surface area contributed by atoms with Crippen molar-refractivity contribution in [3.05, 3.63) is 155 Å². The van der Waals surface area contributed by atoms with Gasteiger partial charge < -0.3 is 0 Å². The third-order valence-corrected chi connectivity index (χ3v) is 6.84. The van der Waals surface area contributed by atoms with E-state index in [4.69, 9.17) is 0 Å². The molecule has 1 aliphatic carbocycles. The van der Waals surface area contributed by atoms with Crippen LogP contribution in [0.2, 0.25) is 0 Å². The molecule has 0 saturated heterocycles. The summed E-state index contributed by atoms with van der Waals surface area (Å²) in [5.41, 5.74) is 11.5. The van der Waals surface area contributed by atoms with Crippen LogP contribution in [0.25, 0.3) is 22.3 Å². The molecule has 5 aromatic carbocycles. The Hall–Kier alpha value is -3.90. The molecule has 152 valence electrons. The van der Waals surface area contributed by atoms with Crippen molar-refractivity contribution in [3.63, 3.8) is 0 Å². The molecule has 0 atom stereocenters. The van der Waals surface area contributed by atoms with E-state index in [9.17, 15) is 0 Å². The van der Waals surface area contributed by atoms with Gasteiger partial charge in [-0.05, 0) is 57.5 Å². The Labute approximate surface area is 189 Å². The van der Waals surface area contributed by atoms with Crippen molar-refractivity contribution in [3.8, 4) is 22.3 Å². The molecule has 6 rings (SSSR count). The Morgan fingerprint density at radius 2 is 0.969 bits per heavy atom. The highest BCUT2D eigenvalue weighted by Gasteiger charge is 2.45. The van der Waals surface area contributed by atoms with E-state index in [1.54, 1.807) is 0 Å². The predicted molar refractivity (Wildman–Crippen MR) is 134 cm³/mol. The lowest BCUT2D eigenvalue weighted by Gasteiger charge is -2.33. The van der Waals surface area contributed by atoms with Gasteiger partial charge in [-0.2, -0.15) is 0 Å². The van der Waals surface area contributed by atoms with Gasteiger partial charge in [0.15, 0.2) is 0 Å². The minimum absolute atomic E-state index is 0.319. The van der Waals surface area contributed by atoms with Crippen LogP contribution < -0.4 is 0 Å². The fraction of sp³-hybridized carbons (Fsp3) is 0.0625. The van der Waals surface area contributed by atoms with E-state index in [1.165, 1.54) is 50.1 Å². The molecule has 1 aliphatic rings. The fourth-order valence-electron chi connectivity index (χ4n) is 5.37. The highest BCUT2D eigenvalue weighted by molar-refractivity contribution is 5.88. The molecule has 0 radical (unpaired) electrons. The Morgan fingerprint density at radius 1 is 0.438 bits per heavy atom. The maximum absolute atomic E-state index is 2.38. The standard InChI is InChI=1S/C32H24/c1-23-16-18-24(19-17-23)25-20-21-31-29(22-25)28-14-8-9-15-30(28)32(31,26-10-4-2-5-11-26)27-12-6-3-7-13-27/h2-22H,1H3. The van der Waals surface area contributed by atoms with Crippen LogP contribution >= 0.6 is 0 Å². The normalized spacial score (nSPS) is 13.4. The summed E-state index contributed by atoms with van der Waals surface area (Å²) in [5, 5.41) is 0. The van der Waals surface area contributed by atoms with Gasteiger partial charge in [0, 0.05) is 0 Å². The summed E-state index contributed by atoms with van der Waals surface area (Å²) in [7, 11) is 0. The zero-order valence-corrected chi connectivity index (χ0v) is 18.1.